The van der Waals surface area contributed by atoms with Crippen LogP contribution in [0.1, 0.15) is 157 Å². The summed E-state index contributed by atoms with van der Waals surface area (Å²) in [4.78, 5) is 132. The normalized spacial score (nSPS) is 33.9. The van der Waals surface area contributed by atoms with E-state index in [0.29, 0.717) is 77.0 Å². The number of fused-ring (bicyclic) bond motifs is 2. The number of aromatic hydroxyl groups is 1. The second-order valence-electron chi connectivity index (χ2n) is 36.5. The Hall–Kier alpha value is -10.7. The van der Waals surface area contributed by atoms with E-state index in [1.165, 1.54) is 41.8 Å². The van der Waals surface area contributed by atoms with Crippen LogP contribution < -0.4 is 11.2 Å². The smallest absolute Gasteiger partial charge is 0.338 e. The van der Waals surface area contributed by atoms with Crippen LogP contribution in [0.15, 0.2) is 95.7 Å². The molecule has 10 aliphatic rings. The molecule has 10 saturated heterocycles. The Kier molecular flexibility index (Phi) is 53.3. The number of aliphatic hydroxyl groups is 6. The minimum atomic E-state index is -1.21. The highest BCUT2D eigenvalue weighted by atomic mass is 79.9. The third-order valence-corrected chi connectivity index (χ3v) is 25.6. The van der Waals surface area contributed by atoms with Gasteiger partial charge in [0.05, 0.1) is 145 Å². The van der Waals surface area contributed by atoms with Gasteiger partial charge in [0.2, 0.25) is 5.88 Å². The fourth-order valence-electron chi connectivity index (χ4n) is 16.7. The highest BCUT2D eigenvalue weighted by molar-refractivity contribution is 9.09. The molecule has 52 nitrogen and oxygen atoms in total. The Morgan fingerprint density at radius 2 is 0.782 bits per heavy atom. The number of esters is 8. The molecule has 0 saturated carbocycles. The number of aliphatic hydroxyl groups excluding tert-OH is 6. The molecule has 147 heavy (non-hydrogen) atoms. The number of carbonyl (C=O) groups excluding carboxylic acids is 8. The molecule has 10 fully saturated rings. The number of carbonyl (C=O) groups is 8. The van der Waals surface area contributed by atoms with Crippen LogP contribution in [0.25, 0.3) is 41.8 Å². The topological polar surface area (TPSA) is 714 Å². The molecule has 35 atom stereocenters. The summed E-state index contributed by atoms with van der Waals surface area (Å²) in [6.45, 7) is 31.5. The number of benzene rings is 2. The standard InChI is InChI=1S/C19H24BrN3O10.C15H19N3O3.C14H17N3O4.C13H20O7.C9H15N3O3.C9H16O4.C8H15N3O2.C7H14O4/c1-8(24)30-7-12-14(31-9(2)25)15(32-10(3)26)13(16(20)33-12)21-6-11-17(27)22(4)19(29)23(5)18(11)28;1-3-12-14(13(17-18-16)10(2)9-20-12)21-15(19)11-7-5-4-6-8-11;1-9-8-20-11(7-18)13(12(9)16-17-15)21-14(19)10-5-3-2-4-6-10;1-7-5-18-11(6-17-8(2)14)13(20-10(4)16)12(7)19-9(3)15;1-5-3-14-7-4-13-6(2)15-9(7)8(5)11-12-10;1-5-3-12-7-4-11-6(2)13-9(7)8(5)10;1-3-6-8(12)7(10-11-9)5(2)4-13-6;1-4-3-11-5(2-8)7(10)6(4)9/h6,12-16,27H,7H2,1-5H3;4-8,10,12-14H,3,9H2,1-2H3;2-6,9,11-13,18H,7-8H2,1H3;7,11-13H,5-6H2,1-4H3;5-9H,3-4H2,1-2H3;5-10H,3-4H2,1-2H3;5-8,12H,3-4H2,1-2H3;4-10H,2-3H2,1H3/t12?,13?,14-,15+,16-;10?,12?,13-,14+;9?,11?,12-,13+;7?,11?,12-,13+;2*5?,6?,7?,8-,9+;5?,6?,7-,8+;4?,5?,6-,7+/m01111111/s1. The van der Waals surface area contributed by atoms with E-state index in [4.69, 9.17) is 122 Å². The van der Waals surface area contributed by atoms with Crippen molar-refractivity contribution in [2.45, 2.75) is 300 Å². The molecule has 0 amide bonds. The molecule has 13 rings (SSSR count). The van der Waals surface area contributed by atoms with Crippen molar-refractivity contribution < 1.29 is 169 Å². The summed E-state index contributed by atoms with van der Waals surface area (Å²) in [6.07, 6.45) is -10.0. The van der Waals surface area contributed by atoms with Crippen LogP contribution in [-0.2, 0) is 138 Å². The van der Waals surface area contributed by atoms with E-state index >= 15 is 0 Å². The molecule has 7 N–H and O–H groups in total. The average Bonchev–Trinajstić information content (AvgIpc) is 0.775. The minimum absolute atomic E-state index is 0.0114. The number of alkyl halides is 1. The van der Waals surface area contributed by atoms with Gasteiger partial charge in [-0.15, -0.1) is 0 Å². The molecular formula is C94H140BrN15O37. The third-order valence-electron chi connectivity index (χ3n) is 24.9. The Morgan fingerprint density at radius 1 is 0.401 bits per heavy atom. The van der Waals surface area contributed by atoms with Crippen LogP contribution in [-0.4, -0.2) is 355 Å². The molecule has 2 aromatic carbocycles. The number of hydrogen-bond donors (Lipinski definition) is 7. The molecule has 11 heterocycles. The van der Waals surface area contributed by atoms with Crippen LogP contribution >= 0.6 is 15.9 Å². The number of aromatic nitrogens is 2. The lowest BCUT2D eigenvalue weighted by molar-refractivity contribution is -0.298. The highest BCUT2D eigenvalue weighted by Gasteiger charge is 2.52. The maximum Gasteiger partial charge on any atom is 0.338 e. The van der Waals surface area contributed by atoms with Gasteiger partial charge < -0.3 is 130 Å². The maximum atomic E-state index is 12.4. The largest absolute Gasteiger partial charge is 0.494 e. The molecule has 18 unspecified atom stereocenters. The van der Waals surface area contributed by atoms with Crippen LogP contribution in [0.4, 0.5) is 0 Å². The van der Waals surface area contributed by atoms with E-state index < -0.39 is 173 Å². The summed E-state index contributed by atoms with van der Waals surface area (Å²) in [5, 5.41) is 80.4. The van der Waals surface area contributed by atoms with Crippen LogP contribution in [0.3, 0.4) is 0 Å². The first kappa shape index (κ1) is 125. The highest BCUT2D eigenvalue weighted by Crippen LogP contribution is 2.37. The number of halogens is 1. The molecule has 0 spiro atoms. The molecule has 3 aromatic rings. The van der Waals surface area contributed by atoms with Gasteiger partial charge in [-0.2, -0.15) is 0 Å². The van der Waals surface area contributed by atoms with E-state index in [-0.39, 0.29) is 135 Å². The van der Waals surface area contributed by atoms with Crippen LogP contribution in [0.2, 0.25) is 0 Å². The summed E-state index contributed by atoms with van der Waals surface area (Å²) >= 11 is 3.27. The van der Waals surface area contributed by atoms with Gasteiger partial charge in [-0.05, 0) is 96.8 Å². The number of rotatable bonds is 22. The number of aliphatic imine (C=N–C) groups is 1. The fourth-order valence-corrected chi connectivity index (χ4v) is 17.5. The zero-order valence-electron chi connectivity index (χ0n) is 85.6. The lowest BCUT2D eigenvalue weighted by Crippen LogP contribution is -2.59. The van der Waals surface area contributed by atoms with Crippen molar-refractivity contribution in [3.8, 4) is 5.88 Å². The SMILES string of the molecule is CC(=O)OCC1OCC(C)[C@@H](OC(C)=O)[C@H]1OC(C)=O.CC(=O)OCC1O[C@H](Br)C(N=Cc2c(O)n(C)c(=O)n(C)c2=O)[C@@H](OC(C)=O)[C@H]1OC(C)=O.CC1COC(CO)[C@H](O)[C@@H]1O.CC1COC(CO)[C@H](OC(=O)c2ccccc2)[C@@H]1N=[N+]=[N-].CC1OCC2OCC(C)[C@@H](N=[N+]=[N-])[C@H]2O1.CC1OCC2OCC(C)[C@@H](O)[C@H]2O1.CCC1OCC(C)[C@@H](N=[N+]=[N-])[C@H]1O.CCC1OCC(C)[C@@H](N=[N+]=[N-])[C@H]1OC(=O)c1ccccc1. The summed E-state index contributed by atoms with van der Waals surface area (Å²) in [5.74, 6) is -4.90. The number of azide groups is 4. The van der Waals surface area contributed by atoms with Gasteiger partial charge in [-0.3, -0.25) is 47.7 Å². The monoisotopic (exact) mass is 2150 g/mol. The third kappa shape index (κ3) is 37.5. The van der Waals surface area contributed by atoms with Gasteiger partial charge in [0.25, 0.3) is 5.56 Å². The Balaban J connectivity index is 0.000000262. The average molecular weight is 2150 g/mol. The molecule has 10 aliphatic heterocycles. The summed E-state index contributed by atoms with van der Waals surface area (Å²) in [7, 11) is 2.50. The van der Waals surface area contributed by atoms with Gasteiger partial charge >= 0.3 is 53.4 Å². The Bertz CT molecular complexity index is 4930. The van der Waals surface area contributed by atoms with Crippen molar-refractivity contribution in [2.75, 3.05) is 85.9 Å². The quantitative estimate of drug-likeness (QED) is 0.0105. The predicted molar refractivity (Wildman–Crippen MR) is 518 cm³/mol. The van der Waals surface area contributed by atoms with Crippen molar-refractivity contribution in [2.24, 2.45) is 81.0 Å². The zero-order valence-corrected chi connectivity index (χ0v) is 87.2. The minimum Gasteiger partial charge on any atom is -0.494 e. The van der Waals surface area contributed by atoms with Gasteiger partial charge in [0, 0.05) is 99.3 Å². The van der Waals surface area contributed by atoms with Gasteiger partial charge in [0.1, 0.15) is 97.0 Å². The lowest BCUT2D eigenvalue weighted by Gasteiger charge is -2.43. The second-order valence-corrected chi connectivity index (χ2v) is 37.4. The van der Waals surface area contributed by atoms with Crippen LogP contribution in [0, 0.1) is 41.4 Å². The molecule has 53 heteroatoms. The predicted octanol–water partition coefficient (Wildman–Crippen LogP) is 6.64. The molecule has 820 valence electrons. The fraction of sp³-hybridized carbons (Fsp3) is 0.734. The molecule has 0 aliphatic carbocycles. The molecule has 1 aromatic heterocycles. The maximum absolute atomic E-state index is 12.4. The van der Waals surface area contributed by atoms with E-state index in [1.54, 1.807) is 61.5 Å². The number of hydrogen-bond acceptors (Lipinski definition) is 42. The first-order chi connectivity index (χ1) is 69.8. The van der Waals surface area contributed by atoms with Crippen molar-refractivity contribution >= 4 is 69.9 Å². The van der Waals surface area contributed by atoms with E-state index in [2.05, 4.69) is 61.0 Å². The van der Waals surface area contributed by atoms with Crippen molar-refractivity contribution in [3.63, 3.8) is 0 Å². The first-order valence-corrected chi connectivity index (χ1v) is 48.9. The van der Waals surface area contributed by atoms with E-state index in [0.717, 1.165) is 35.6 Å². The molecular weight excluding hydrogens is 2010 g/mol. The zero-order chi connectivity index (χ0) is 109. The van der Waals surface area contributed by atoms with Crippen molar-refractivity contribution in [1.29, 1.82) is 0 Å². The Morgan fingerprint density at radius 3 is 1.27 bits per heavy atom. The number of ether oxygens (including phenoxy) is 20. The van der Waals surface area contributed by atoms with Gasteiger partial charge in [-0.1, -0.05) is 135 Å². The summed E-state index contributed by atoms with van der Waals surface area (Å²) in [5.41, 5.74) is 33.3. The van der Waals surface area contributed by atoms with Crippen molar-refractivity contribution in [3.05, 3.63) is 140 Å². The molecule has 0 bridgehead atoms. The van der Waals surface area contributed by atoms with Crippen LogP contribution in [0.5, 0.6) is 5.88 Å². The van der Waals surface area contributed by atoms with Gasteiger partial charge in [0.15, 0.2) is 30.9 Å². The second kappa shape index (κ2) is 62.7. The van der Waals surface area contributed by atoms with Gasteiger partial charge in [-0.25, -0.2) is 14.4 Å². The van der Waals surface area contributed by atoms with E-state index in [9.17, 15) is 78.6 Å². The molecule has 0 radical (unpaired) electrons. The summed E-state index contributed by atoms with van der Waals surface area (Å²) in [6, 6.07) is 14.8. The first-order valence-electron chi connectivity index (χ1n) is 48.0. The van der Waals surface area contributed by atoms with Crippen molar-refractivity contribution in [1.82, 2.24) is 9.13 Å². The number of nitrogens with zero attached hydrogens (tertiary/aromatic N) is 15. The van der Waals surface area contributed by atoms with E-state index in [1.807, 2.05) is 75.3 Å². The Labute approximate surface area is 857 Å². The summed E-state index contributed by atoms with van der Waals surface area (Å²) < 4.78 is 109. The lowest BCUT2D eigenvalue weighted by atomic mass is 9.90.